The number of aliphatic hydroxyl groups is 2. The smallest absolute Gasteiger partial charge is 0.162 e. The molecule has 0 aliphatic carbocycles. The molecule has 0 fully saturated rings. The van der Waals surface area contributed by atoms with E-state index in [4.69, 9.17) is 14.2 Å². The van der Waals surface area contributed by atoms with Gasteiger partial charge in [-0.25, -0.2) is 0 Å². The molecule has 0 radical (unpaired) electrons. The molecule has 0 saturated carbocycles. The van der Waals surface area contributed by atoms with Crippen LogP contribution in [0.1, 0.15) is 29.0 Å². The van der Waals surface area contributed by atoms with Crippen LogP contribution in [0, 0.1) is 0 Å². The van der Waals surface area contributed by atoms with Crippen LogP contribution in [0.25, 0.3) is 0 Å². The highest BCUT2D eigenvalue weighted by Crippen LogP contribution is 2.47. The lowest BCUT2D eigenvalue weighted by molar-refractivity contribution is -0.0711. The summed E-state index contributed by atoms with van der Waals surface area (Å²) >= 11 is 0. The number of benzene rings is 2. The van der Waals surface area contributed by atoms with E-state index in [0.717, 1.165) is 6.07 Å². The average Bonchev–Trinajstić information content (AvgIpc) is 2.75. The minimum Gasteiger partial charge on any atom is -0.508 e. The Hall–Kier alpha value is -3.69. The van der Waals surface area contributed by atoms with E-state index in [1.807, 2.05) is 0 Å². The molecule has 4 rings (SSSR count). The number of hydrogen-bond donors (Lipinski definition) is 5. The number of phenols is 2. The summed E-state index contributed by atoms with van der Waals surface area (Å²) in [5, 5.41) is 50.3. The zero-order chi connectivity index (χ0) is 22.1. The molecule has 162 valence electrons. The van der Waals surface area contributed by atoms with Crippen molar-refractivity contribution in [1.82, 2.24) is 4.98 Å². The van der Waals surface area contributed by atoms with Crippen molar-refractivity contribution in [2.75, 3.05) is 7.11 Å². The Morgan fingerprint density at radius 2 is 1.77 bits per heavy atom. The first-order chi connectivity index (χ1) is 14.9. The third kappa shape index (κ3) is 4.00. The van der Waals surface area contributed by atoms with Crippen LogP contribution in [0.2, 0.25) is 0 Å². The van der Waals surface area contributed by atoms with Gasteiger partial charge in [-0.05, 0) is 29.8 Å². The normalized spacial score (nSPS) is 19.9. The van der Waals surface area contributed by atoms with Gasteiger partial charge in [-0.3, -0.25) is 4.98 Å². The summed E-state index contributed by atoms with van der Waals surface area (Å²) in [4.78, 5) is 4.06. The molecule has 0 spiro atoms. The second kappa shape index (κ2) is 8.21. The van der Waals surface area contributed by atoms with Crippen molar-refractivity contribution in [3.8, 4) is 34.5 Å². The zero-order valence-electron chi connectivity index (χ0n) is 16.5. The summed E-state index contributed by atoms with van der Waals surface area (Å²) in [6.07, 6.45) is -2.50. The first-order valence-corrected chi connectivity index (χ1v) is 9.40. The molecule has 1 aliphatic heterocycles. The fourth-order valence-corrected chi connectivity index (χ4v) is 3.44. The highest BCUT2D eigenvalue weighted by molar-refractivity contribution is 5.53. The number of ether oxygens (including phenoxy) is 3. The van der Waals surface area contributed by atoms with Crippen LogP contribution in [-0.2, 0) is 6.61 Å². The lowest BCUT2D eigenvalue weighted by atomic mass is 9.91. The Labute approximate surface area is 177 Å². The fourth-order valence-electron chi connectivity index (χ4n) is 3.44. The van der Waals surface area contributed by atoms with Crippen molar-refractivity contribution in [3.05, 3.63) is 65.5 Å². The molecule has 0 bridgehead atoms. The molecule has 9 nitrogen and oxygen atoms in total. The van der Waals surface area contributed by atoms with Crippen LogP contribution in [0.15, 0.2) is 48.7 Å². The number of rotatable bonds is 5. The number of hydrogen-bond acceptors (Lipinski definition) is 9. The SMILES string of the molecule is COc1ccc(C2Oc3cc(O)cc(O)c3C(O)C2O)cc1OCc1ccc(O)cn1. The molecule has 1 aliphatic rings. The minimum absolute atomic E-state index is 0.00457. The summed E-state index contributed by atoms with van der Waals surface area (Å²) in [5.41, 5.74) is 1.06. The fraction of sp³-hybridized carbons (Fsp3) is 0.227. The number of aromatic hydroxyl groups is 3. The highest BCUT2D eigenvalue weighted by atomic mass is 16.5. The van der Waals surface area contributed by atoms with Crippen LogP contribution >= 0.6 is 0 Å². The van der Waals surface area contributed by atoms with E-state index in [0.29, 0.717) is 22.8 Å². The standard InChI is InChI=1S/C22H21NO8/c1-29-16-5-2-11(6-17(16)30-10-12-3-4-13(24)9-23-12)22-21(28)20(27)19-15(26)7-14(25)8-18(19)31-22/h2-9,20-22,24-28H,10H2,1H3. The number of phenolic OH excluding ortho intramolecular Hbond substituents is 2. The van der Waals surface area contributed by atoms with Gasteiger partial charge >= 0.3 is 0 Å². The van der Waals surface area contributed by atoms with Gasteiger partial charge in [0.25, 0.3) is 0 Å². The van der Waals surface area contributed by atoms with Gasteiger partial charge in [-0.15, -0.1) is 0 Å². The molecule has 0 saturated heterocycles. The van der Waals surface area contributed by atoms with Crippen molar-refractivity contribution in [1.29, 1.82) is 0 Å². The van der Waals surface area contributed by atoms with Gasteiger partial charge < -0.3 is 39.7 Å². The molecule has 2 heterocycles. The Kier molecular flexibility index (Phi) is 5.45. The number of nitrogens with zero attached hydrogens (tertiary/aromatic N) is 1. The summed E-state index contributed by atoms with van der Waals surface area (Å²) in [7, 11) is 1.48. The van der Waals surface area contributed by atoms with Gasteiger partial charge in [0.2, 0.25) is 0 Å². The maximum Gasteiger partial charge on any atom is 0.162 e. The lowest BCUT2D eigenvalue weighted by Gasteiger charge is -2.35. The van der Waals surface area contributed by atoms with Crippen molar-refractivity contribution in [2.45, 2.75) is 24.9 Å². The number of pyridine rings is 1. The van der Waals surface area contributed by atoms with Crippen molar-refractivity contribution in [3.63, 3.8) is 0 Å². The molecule has 3 unspecified atom stereocenters. The molecule has 9 heteroatoms. The Morgan fingerprint density at radius 3 is 2.48 bits per heavy atom. The Morgan fingerprint density at radius 1 is 0.968 bits per heavy atom. The van der Waals surface area contributed by atoms with Crippen molar-refractivity contribution in [2.24, 2.45) is 0 Å². The molecule has 3 atom stereocenters. The van der Waals surface area contributed by atoms with E-state index in [1.165, 1.54) is 25.4 Å². The van der Waals surface area contributed by atoms with Crippen LogP contribution in [0.4, 0.5) is 0 Å². The molecular formula is C22H21NO8. The van der Waals surface area contributed by atoms with Gasteiger partial charge in [0, 0.05) is 12.1 Å². The van der Waals surface area contributed by atoms with Crippen LogP contribution in [0.5, 0.6) is 34.5 Å². The first kappa shape index (κ1) is 20.6. The van der Waals surface area contributed by atoms with E-state index in [2.05, 4.69) is 4.98 Å². The lowest BCUT2D eigenvalue weighted by Crippen LogP contribution is -2.34. The first-order valence-electron chi connectivity index (χ1n) is 9.40. The summed E-state index contributed by atoms with van der Waals surface area (Å²) in [6.45, 7) is 0.0986. The molecule has 3 aromatic rings. The predicted molar refractivity (Wildman–Crippen MR) is 107 cm³/mol. The number of aliphatic hydroxyl groups excluding tert-OH is 2. The Balaban J connectivity index is 1.63. The predicted octanol–water partition coefficient (Wildman–Crippen LogP) is 2.31. The van der Waals surface area contributed by atoms with Gasteiger partial charge in [-0.2, -0.15) is 0 Å². The average molecular weight is 427 g/mol. The third-order valence-corrected chi connectivity index (χ3v) is 4.99. The topological polar surface area (TPSA) is 142 Å². The molecule has 31 heavy (non-hydrogen) atoms. The van der Waals surface area contributed by atoms with Crippen LogP contribution in [-0.4, -0.2) is 43.7 Å². The second-order valence-corrected chi connectivity index (χ2v) is 7.06. The van der Waals surface area contributed by atoms with E-state index in [-0.39, 0.29) is 35.2 Å². The van der Waals surface area contributed by atoms with Crippen molar-refractivity contribution < 1.29 is 39.7 Å². The number of fused-ring (bicyclic) bond motifs is 1. The van der Waals surface area contributed by atoms with E-state index < -0.39 is 18.3 Å². The quantitative estimate of drug-likeness (QED) is 0.415. The van der Waals surface area contributed by atoms with Gasteiger partial charge in [-0.1, -0.05) is 6.07 Å². The number of methoxy groups -OCH3 is 1. The highest BCUT2D eigenvalue weighted by Gasteiger charge is 2.39. The maximum atomic E-state index is 10.6. The van der Waals surface area contributed by atoms with E-state index in [1.54, 1.807) is 24.3 Å². The molecule has 5 N–H and O–H groups in total. The minimum atomic E-state index is -1.43. The third-order valence-electron chi connectivity index (χ3n) is 4.99. The van der Waals surface area contributed by atoms with Gasteiger partial charge in [0.05, 0.1) is 24.6 Å². The van der Waals surface area contributed by atoms with Crippen LogP contribution < -0.4 is 14.2 Å². The largest absolute Gasteiger partial charge is 0.508 e. The molecular weight excluding hydrogens is 406 g/mol. The summed E-state index contributed by atoms with van der Waals surface area (Å²) in [6, 6.07) is 10.3. The monoisotopic (exact) mass is 427 g/mol. The van der Waals surface area contributed by atoms with Crippen molar-refractivity contribution >= 4 is 0 Å². The van der Waals surface area contributed by atoms with Crippen LogP contribution in [0.3, 0.4) is 0 Å². The molecule has 0 amide bonds. The Bertz CT molecular complexity index is 1090. The van der Waals surface area contributed by atoms with Gasteiger partial charge in [0.15, 0.2) is 17.6 Å². The maximum absolute atomic E-state index is 10.6. The van der Waals surface area contributed by atoms with E-state index in [9.17, 15) is 25.5 Å². The van der Waals surface area contributed by atoms with Gasteiger partial charge in [0.1, 0.15) is 41.8 Å². The summed E-state index contributed by atoms with van der Waals surface area (Å²) in [5.74, 6) is 0.280. The zero-order valence-corrected chi connectivity index (χ0v) is 16.5. The summed E-state index contributed by atoms with van der Waals surface area (Å²) < 4.78 is 16.9. The van der Waals surface area contributed by atoms with E-state index >= 15 is 0 Å². The second-order valence-electron chi connectivity index (χ2n) is 7.06. The number of aromatic nitrogens is 1. The molecule has 1 aromatic heterocycles. The molecule has 2 aromatic carbocycles.